The Morgan fingerprint density at radius 1 is 1.17 bits per heavy atom. The van der Waals surface area contributed by atoms with Gasteiger partial charge in [-0.25, -0.2) is 4.79 Å². The highest BCUT2D eigenvalue weighted by atomic mass is 19.4. The Morgan fingerprint density at radius 3 is 2.46 bits per heavy atom. The lowest BCUT2D eigenvalue weighted by molar-refractivity contribution is -0.274. The monoisotopic (exact) mass is 494 g/mol. The quantitative estimate of drug-likeness (QED) is 0.469. The van der Waals surface area contributed by atoms with E-state index in [1.807, 2.05) is 0 Å². The van der Waals surface area contributed by atoms with Crippen LogP contribution in [0.5, 0.6) is 5.75 Å². The second-order valence-electron chi connectivity index (χ2n) is 7.28. The molecular formula is C21H17F3N4O7. The maximum atomic E-state index is 12.8. The molecule has 35 heavy (non-hydrogen) atoms. The van der Waals surface area contributed by atoms with Gasteiger partial charge in [-0.3, -0.25) is 19.1 Å². The van der Waals surface area contributed by atoms with E-state index >= 15 is 0 Å². The Kier molecular flexibility index (Phi) is 6.57. The molecular weight excluding hydrogens is 477 g/mol. The molecule has 11 nitrogen and oxygen atoms in total. The summed E-state index contributed by atoms with van der Waals surface area (Å²) < 4.78 is 50.6. The third-order valence-electron chi connectivity index (χ3n) is 4.93. The van der Waals surface area contributed by atoms with Gasteiger partial charge in [0.1, 0.15) is 5.75 Å². The number of hydrogen-bond donors (Lipinski definition) is 3. The van der Waals surface area contributed by atoms with Crippen molar-refractivity contribution in [2.45, 2.75) is 18.6 Å². The third-order valence-corrected chi connectivity index (χ3v) is 4.93. The van der Waals surface area contributed by atoms with Crippen LogP contribution < -0.4 is 20.7 Å². The van der Waals surface area contributed by atoms with Crippen molar-refractivity contribution in [1.82, 2.24) is 10.1 Å². The number of H-pyrrole nitrogens is 1. The fourth-order valence-corrected chi connectivity index (χ4v) is 3.34. The van der Waals surface area contributed by atoms with Crippen LogP contribution in [0.3, 0.4) is 0 Å². The fourth-order valence-electron chi connectivity index (χ4n) is 3.34. The summed E-state index contributed by atoms with van der Waals surface area (Å²) in [6.07, 6.45) is -8.26. The molecule has 0 bridgehead atoms. The summed E-state index contributed by atoms with van der Waals surface area (Å²) in [4.78, 5) is 40.0. The summed E-state index contributed by atoms with van der Waals surface area (Å²) in [5.41, 5.74) is 1.03. The zero-order chi connectivity index (χ0) is 25.2. The number of aromatic amines is 1. The summed E-state index contributed by atoms with van der Waals surface area (Å²) in [5.74, 6) is -2.65. The van der Waals surface area contributed by atoms with Crippen molar-refractivity contribution in [1.29, 1.82) is 0 Å². The third kappa shape index (κ3) is 5.67. The Labute approximate surface area is 194 Å². The molecule has 2 amide bonds. The summed E-state index contributed by atoms with van der Waals surface area (Å²) in [7, 11) is 0. The molecule has 0 aliphatic carbocycles. The van der Waals surface area contributed by atoms with Crippen LogP contribution in [0.15, 0.2) is 57.8 Å². The number of aromatic nitrogens is 2. The van der Waals surface area contributed by atoms with Gasteiger partial charge in [-0.15, -0.1) is 13.2 Å². The van der Waals surface area contributed by atoms with E-state index in [1.165, 1.54) is 41.3 Å². The predicted octanol–water partition coefficient (Wildman–Crippen LogP) is 1.66. The second kappa shape index (κ2) is 9.60. The highest BCUT2D eigenvalue weighted by molar-refractivity contribution is 6.03. The molecule has 2 heterocycles. The number of nitrogens with one attached hydrogen (secondary N) is 2. The van der Waals surface area contributed by atoms with Gasteiger partial charge < -0.3 is 24.8 Å². The van der Waals surface area contributed by atoms with E-state index in [-0.39, 0.29) is 30.4 Å². The first kappa shape index (κ1) is 24.0. The molecule has 4 rings (SSSR count). The predicted molar refractivity (Wildman–Crippen MR) is 112 cm³/mol. The number of benzene rings is 2. The highest BCUT2D eigenvalue weighted by Gasteiger charge is 2.39. The summed E-state index contributed by atoms with van der Waals surface area (Å²) in [5, 5.41) is 16.4. The lowest BCUT2D eigenvalue weighted by Crippen LogP contribution is -2.55. The van der Waals surface area contributed by atoms with Crippen molar-refractivity contribution in [3.8, 4) is 17.1 Å². The molecule has 3 aromatic rings. The molecule has 3 N–H and O–H groups in total. The van der Waals surface area contributed by atoms with Crippen molar-refractivity contribution in [3.05, 3.63) is 59.1 Å². The fraction of sp³-hybridized carbons (Fsp3) is 0.238. The van der Waals surface area contributed by atoms with Crippen LogP contribution in [0.1, 0.15) is 0 Å². The minimum Gasteiger partial charge on any atom is -0.406 e. The lowest BCUT2D eigenvalue weighted by Gasteiger charge is -2.34. The minimum atomic E-state index is -4.85. The molecule has 0 spiro atoms. The van der Waals surface area contributed by atoms with Crippen LogP contribution in [0.25, 0.3) is 11.4 Å². The molecule has 1 aliphatic heterocycles. The van der Waals surface area contributed by atoms with Crippen LogP contribution in [-0.2, 0) is 14.3 Å². The number of amides is 2. The summed E-state index contributed by atoms with van der Waals surface area (Å²) in [6, 6.07) is 10.6. The Bertz CT molecular complexity index is 1260. The Balaban J connectivity index is 1.40. The first-order valence-corrected chi connectivity index (χ1v) is 10.0. The Morgan fingerprint density at radius 2 is 1.86 bits per heavy atom. The summed E-state index contributed by atoms with van der Waals surface area (Å²) in [6.45, 7) is 0.0426. The van der Waals surface area contributed by atoms with Crippen molar-refractivity contribution in [2.24, 2.45) is 0 Å². The van der Waals surface area contributed by atoms with E-state index in [0.29, 0.717) is 5.56 Å². The molecule has 14 heteroatoms. The molecule has 1 saturated heterocycles. The standard InChI is InChI=1S/C21H17F3N4O7/c22-21(23,24)34-14-7-5-13(6-8-14)28-9-10-33-16(19(28)31)15(29)18(30)25-12-3-1-11(2-4-12)17-26-20(32)35-27-17/h1-8,15-16,29H,9-10H2,(H,25,30)(H,26,27,32)/t15-,16-/m1/s1. The van der Waals surface area contributed by atoms with Gasteiger partial charge >= 0.3 is 12.1 Å². The molecule has 0 radical (unpaired) electrons. The van der Waals surface area contributed by atoms with E-state index in [9.17, 15) is 32.7 Å². The average molecular weight is 494 g/mol. The number of aliphatic hydroxyl groups is 1. The maximum absolute atomic E-state index is 12.8. The number of aliphatic hydroxyl groups excluding tert-OH is 1. The molecule has 1 aliphatic rings. The van der Waals surface area contributed by atoms with Gasteiger partial charge in [-0.05, 0) is 48.5 Å². The number of hydrogen-bond acceptors (Lipinski definition) is 8. The zero-order valence-corrected chi connectivity index (χ0v) is 17.6. The number of anilines is 2. The number of alkyl halides is 3. The van der Waals surface area contributed by atoms with Gasteiger partial charge in [0.25, 0.3) is 11.8 Å². The van der Waals surface area contributed by atoms with E-state index in [0.717, 1.165) is 12.1 Å². The van der Waals surface area contributed by atoms with Crippen LogP contribution >= 0.6 is 0 Å². The van der Waals surface area contributed by atoms with E-state index in [2.05, 4.69) is 24.7 Å². The van der Waals surface area contributed by atoms with Crippen molar-refractivity contribution in [2.75, 3.05) is 23.4 Å². The number of morpholine rings is 1. The number of carbonyl (C=O) groups is 2. The Hall–Kier alpha value is -4.17. The first-order valence-electron chi connectivity index (χ1n) is 10.0. The molecule has 1 fully saturated rings. The number of nitrogens with zero attached hydrogens (tertiary/aromatic N) is 2. The zero-order valence-electron chi connectivity index (χ0n) is 17.6. The topological polar surface area (TPSA) is 147 Å². The van der Waals surface area contributed by atoms with Gasteiger partial charge in [-0.1, -0.05) is 5.16 Å². The van der Waals surface area contributed by atoms with Gasteiger partial charge in [-0.2, -0.15) is 0 Å². The van der Waals surface area contributed by atoms with Crippen molar-refractivity contribution < 1.29 is 41.9 Å². The van der Waals surface area contributed by atoms with Gasteiger partial charge in [0, 0.05) is 23.5 Å². The van der Waals surface area contributed by atoms with Crippen LogP contribution in [0, 0.1) is 0 Å². The highest BCUT2D eigenvalue weighted by Crippen LogP contribution is 2.27. The molecule has 1 aromatic heterocycles. The molecule has 2 atom stereocenters. The number of ether oxygens (including phenoxy) is 2. The number of halogens is 3. The average Bonchev–Trinajstić information content (AvgIpc) is 3.25. The lowest BCUT2D eigenvalue weighted by atomic mass is 10.1. The van der Waals surface area contributed by atoms with Crippen LogP contribution in [0.4, 0.5) is 24.5 Å². The van der Waals surface area contributed by atoms with Gasteiger partial charge in [0.15, 0.2) is 18.0 Å². The van der Waals surface area contributed by atoms with E-state index in [4.69, 9.17) is 4.74 Å². The molecule has 0 unspecified atom stereocenters. The normalized spacial score (nSPS) is 17.2. The smallest absolute Gasteiger partial charge is 0.406 e. The van der Waals surface area contributed by atoms with Gasteiger partial charge in [0.05, 0.1) is 6.61 Å². The minimum absolute atomic E-state index is 0.0217. The van der Waals surface area contributed by atoms with Crippen molar-refractivity contribution in [3.63, 3.8) is 0 Å². The summed E-state index contributed by atoms with van der Waals surface area (Å²) >= 11 is 0. The van der Waals surface area contributed by atoms with Gasteiger partial charge in [0.2, 0.25) is 0 Å². The largest absolute Gasteiger partial charge is 0.573 e. The number of rotatable bonds is 6. The molecule has 0 saturated carbocycles. The first-order chi connectivity index (χ1) is 16.6. The molecule has 2 aromatic carbocycles. The van der Waals surface area contributed by atoms with E-state index < -0.39 is 41.9 Å². The van der Waals surface area contributed by atoms with Crippen molar-refractivity contribution >= 4 is 23.2 Å². The second-order valence-corrected chi connectivity index (χ2v) is 7.28. The van der Waals surface area contributed by atoms with Crippen LogP contribution in [0.2, 0.25) is 0 Å². The molecule has 184 valence electrons. The number of carbonyl (C=O) groups excluding carboxylic acids is 2. The van der Waals surface area contributed by atoms with E-state index in [1.54, 1.807) is 0 Å². The SMILES string of the molecule is O=C(Nc1ccc(-c2noc(=O)[nH]2)cc1)[C@H](O)[C@H]1OCCN(c2ccc(OC(F)(F)F)cc2)C1=O. The maximum Gasteiger partial charge on any atom is 0.573 e. The van der Waals surface area contributed by atoms with Crippen LogP contribution in [-0.4, -0.2) is 58.8 Å².